The van der Waals surface area contributed by atoms with Crippen molar-refractivity contribution >= 4 is 5.97 Å². The van der Waals surface area contributed by atoms with E-state index >= 15 is 0 Å². The van der Waals surface area contributed by atoms with Gasteiger partial charge < -0.3 is 14.6 Å². The van der Waals surface area contributed by atoms with E-state index in [4.69, 9.17) is 4.74 Å². The van der Waals surface area contributed by atoms with E-state index < -0.39 is 5.97 Å². The van der Waals surface area contributed by atoms with Crippen LogP contribution in [0.5, 0.6) is 11.5 Å². The Hall–Kier alpha value is -1.97. The molecule has 0 unspecified atom stereocenters. The van der Waals surface area contributed by atoms with Crippen molar-refractivity contribution in [2.24, 2.45) is 0 Å². The molecule has 0 aromatic heterocycles. The molecule has 1 aromatic rings. The van der Waals surface area contributed by atoms with Gasteiger partial charge in [0.15, 0.2) is 11.5 Å². The number of allylic oxidation sites excluding steroid dienone is 1. The standard InChI is InChI=1S/C14H18O4/c1-4-5-6-7-10-8-11(14(16)18-3)9-12(17-2)13(10)15/h4,8-9,15H,1,5-7H2,2-3H3. The Morgan fingerprint density at radius 2 is 2.17 bits per heavy atom. The largest absolute Gasteiger partial charge is 0.504 e. The summed E-state index contributed by atoms with van der Waals surface area (Å²) in [5, 5.41) is 9.96. The van der Waals surface area contributed by atoms with Crippen LogP contribution in [0.25, 0.3) is 0 Å². The minimum atomic E-state index is -0.446. The van der Waals surface area contributed by atoms with E-state index in [1.54, 1.807) is 6.07 Å². The summed E-state index contributed by atoms with van der Waals surface area (Å²) in [5.41, 5.74) is 1.05. The molecule has 0 saturated heterocycles. The summed E-state index contributed by atoms with van der Waals surface area (Å²) in [6.07, 6.45) is 4.17. The van der Waals surface area contributed by atoms with Gasteiger partial charge in [-0.25, -0.2) is 4.79 Å². The second kappa shape index (κ2) is 6.69. The van der Waals surface area contributed by atoms with E-state index in [0.717, 1.165) is 12.8 Å². The third kappa shape index (κ3) is 3.26. The summed E-state index contributed by atoms with van der Waals surface area (Å²) in [4.78, 5) is 11.5. The van der Waals surface area contributed by atoms with Gasteiger partial charge in [0, 0.05) is 0 Å². The van der Waals surface area contributed by atoms with Crippen LogP contribution < -0.4 is 4.74 Å². The fourth-order valence-electron chi connectivity index (χ4n) is 1.68. The number of phenolic OH excluding ortho intramolecular Hbond substituents is 1. The van der Waals surface area contributed by atoms with E-state index in [1.165, 1.54) is 20.3 Å². The highest BCUT2D eigenvalue weighted by molar-refractivity contribution is 5.90. The lowest BCUT2D eigenvalue weighted by atomic mass is 10.0. The Bertz CT molecular complexity index is 438. The van der Waals surface area contributed by atoms with E-state index in [9.17, 15) is 9.90 Å². The van der Waals surface area contributed by atoms with Gasteiger partial charge in [0.2, 0.25) is 0 Å². The number of unbranched alkanes of at least 4 members (excludes halogenated alkanes) is 1. The Morgan fingerprint density at radius 3 is 2.72 bits per heavy atom. The average Bonchev–Trinajstić information content (AvgIpc) is 2.40. The number of rotatable bonds is 6. The van der Waals surface area contributed by atoms with Gasteiger partial charge in [-0.1, -0.05) is 6.08 Å². The number of carbonyl (C=O) groups is 1. The third-order valence-electron chi connectivity index (χ3n) is 2.65. The zero-order valence-corrected chi connectivity index (χ0v) is 10.7. The number of esters is 1. The van der Waals surface area contributed by atoms with Crippen LogP contribution in [0.4, 0.5) is 0 Å². The van der Waals surface area contributed by atoms with Crippen molar-refractivity contribution in [1.82, 2.24) is 0 Å². The Kier molecular flexibility index (Phi) is 5.24. The number of phenols is 1. The Labute approximate surface area is 107 Å². The number of aryl methyl sites for hydroxylation is 1. The smallest absolute Gasteiger partial charge is 0.337 e. The number of ether oxygens (including phenoxy) is 2. The van der Waals surface area contributed by atoms with Crippen molar-refractivity contribution in [1.29, 1.82) is 0 Å². The summed E-state index contributed by atoms with van der Waals surface area (Å²) >= 11 is 0. The normalized spacial score (nSPS) is 9.89. The SMILES string of the molecule is C=CCCCc1cc(C(=O)OC)cc(OC)c1O. The first-order valence-electron chi connectivity index (χ1n) is 5.73. The predicted octanol–water partition coefficient (Wildman–Crippen LogP) is 2.70. The molecule has 1 aromatic carbocycles. The summed E-state index contributed by atoms with van der Waals surface area (Å²) in [6, 6.07) is 3.10. The van der Waals surface area contributed by atoms with Crippen molar-refractivity contribution in [3.05, 3.63) is 35.9 Å². The summed E-state index contributed by atoms with van der Waals surface area (Å²) in [7, 11) is 2.77. The minimum absolute atomic E-state index is 0.0780. The lowest BCUT2D eigenvalue weighted by Gasteiger charge is -2.11. The van der Waals surface area contributed by atoms with Crippen LogP contribution in [0, 0.1) is 0 Å². The van der Waals surface area contributed by atoms with Crippen molar-refractivity contribution in [3.63, 3.8) is 0 Å². The van der Waals surface area contributed by atoms with Crippen LogP contribution in [-0.4, -0.2) is 25.3 Å². The van der Waals surface area contributed by atoms with Crippen molar-refractivity contribution < 1.29 is 19.4 Å². The van der Waals surface area contributed by atoms with Gasteiger partial charge in [-0.05, 0) is 37.0 Å². The molecule has 0 aliphatic carbocycles. The molecule has 0 fully saturated rings. The van der Waals surface area contributed by atoms with Crippen LogP contribution in [0.1, 0.15) is 28.8 Å². The fourth-order valence-corrected chi connectivity index (χ4v) is 1.68. The second-order valence-corrected chi connectivity index (χ2v) is 3.86. The molecule has 0 radical (unpaired) electrons. The van der Waals surface area contributed by atoms with Gasteiger partial charge >= 0.3 is 5.97 Å². The first-order chi connectivity index (χ1) is 8.63. The molecule has 98 valence electrons. The number of methoxy groups -OCH3 is 2. The number of aromatic hydroxyl groups is 1. The average molecular weight is 250 g/mol. The molecule has 18 heavy (non-hydrogen) atoms. The second-order valence-electron chi connectivity index (χ2n) is 3.86. The van der Waals surface area contributed by atoms with Crippen LogP contribution in [0.3, 0.4) is 0 Å². The lowest BCUT2D eigenvalue weighted by molar-refractivity contribution is 0.0600. The van der Waals surface area contributed by atoms with Crippen LogP contribution in [-0.2, 0) is 11.2 Å². The molecule has 0 aliphatic heterocycles. The molecular weight excluding hydrogens is 232 g/mol. The maximum absolute atomic E-state index is 11.5. The third-order valence-corrected chi connectivity index (χ3v) is 2.65. The quantitative estimate of drug-likeness (QED) is 0.479. The molecule has 4 heteroatoms. The van der Waals surface area contributed by atoms with E-state index in [-0.39, 0.29) is 11.5 Å². The molecule has 0 amide bonds. The number of hydrogen-bond donors (Lipinski definition) is 1. The Morgan fingerprint density at radius 1 is 1.44 bits per heavy atom. The molecule has 0 atom stereocenters. The summed E-state index contributed by atoms with van der Waals surface area (Å²) in [5.74, 6) is -0.0843. The number of benzene rings is 1. The first-order valence-corrected chi connectivity index (χ1v) is 5.73. The van der Waals surface area contributed by atoms with Gasteiger partial charge in [-0.3, -0.25) is 0 Å². The predicted molar refractivity (Wildman–Crippen MR) is 69.1 cm³/mol. The maximum atomic E-state index is 11.5. The van der Waals surface area contributed by atoms with Crippen molar-refractivity contribution in [2.75, 3.05) is 14.2 Å². The number of hydrogen-bond acceptors (Lipinski definition) is 4. The van der Waals surface area contributed by atoms with Crippen LogP contribution in [0.2, 0.25) is 0 Å². The topological polar surface area (TPSA) is 55.8 Å². The molecule has 0 heterocycles. The fraction of sp³-hybridized carbons (Fsp3) is 0.357. The molecule has 0 bridgehead atoms. The van der Waals surface area contributed by atoms with Crippen LogP contribution >= 0.6 is 0 Å². The Balaban J connectivity index is 3.06. The molecule has 1 N–H and O–H groups in total. The number of carbonyl (C=O) groups excluding carboxylic acids is 1. The monoisotopic (exact) mass is 250 g/mol. The highest BCUT2D eigenvalue weighted by Crippen LogP contribution is 2.32. The lowest BCUT2D eigenvalue weighted by Crippen LogP contribution is -2.03. The van der Waals surface area contributed by atoms with Gasteiger partial charge in [-0.15, -0.1) is 6.58 Å². The maximum Gasteiger partial charge on any atom is 0.337 e. The molecule has 0 aliphatic rings. The van der Waals surface area contributed by atoms with Crippen LogP contribution in [0.15, 0.2) is 24.8 Å². The molecule has 4 nitrogen and oxygen atoms in total. The highest BCUT2D eigenvalue weighted by atomic mass is 16.5. The van der Waals surface area contributed by atoms with E-state index in [0.29, 0.717) is 17.5 Å². The molecular formula is C14H18O4. The van der Waals surface area contributed by atoms with Gasteiger partial charge in [-0.2, -0.15) is 0 Å². The van der Waals surface area contributed by atoms with E-state index in [2.05, 4.69) is 11.3 Å². The summed E-state index contributed by atoms with van der Waals surface area (Å²) in [6.45, 7) is 3.65. The van der Waals surface area contributed by atoms with Gasteiger partial charge in [0.05, 0.1) is 19.8 Å². The zero-order chi connectivity index (χ0) is 13.5. The molecule has 1 rings (SSSR count). The van der Waals surface area contributed by atoms with Gasteiger partial charge in [0.25, 0.3) is 0 Å². The van der Waals surface area contributed by atoms with Crippen molar-refractivity contribution in [2.45, 2.75) is 19.3 Å². The molecule has 0 spiro atoms. The van der Waals surface area contributed by atoms with Gasteiger partial charge in [0.1, 0.15) is 0 Å². The summed E-state index contributed by atoms with van der Waals surface area (Å²) < 4.78 is 9.71. The first kappa shape index (κ1) is 14.1. The zero-order valence-electron chi connectivity index (χ0n) is 10.7. The minimum Gasteiger partial charge on any atom is -0.504 e. The molecule has 0 saturated carbocycles. The van der Waals surface area contributed by atoms with Crippen molar-refractivity contribution in [3.8, 4) is 11.5 Å². The highest BCUT2D eigenvalue weighted by Gasteiger charge is 2.14. The van der Waals surface area contributed by atoms with E-state index in [1.807, 2.05) is 6.08 Å².